The van der Waals surface area contributed by atoms with E-state index in [-0.39, 0.29) is 18.0 Å². The van der Waals surface area contributed by atoms with E-state index >= 15 is 0 Å². The highest BCUT2D eigenvalue weighted by molar-refractivity contribution is 6.30. The maximum Gasteiger partial charge on any atom is 0.322 e. The van der Waals surface area contributed by atoms with E-state index < -0.39 is 6.04 Å². The molecule has 0 unspecified atom stereocenters. The topological polar surface area (TPSA) is 58.6 Å². The van der Waals surface area contributed by atoms with Gasteiger partial charge in [-0.05, 0) is 42.5 Å². The first kappa shape index (κ1) is 21.3. The van der Waals surface area contributed by atoms with Crippen LogP contribution in [-0.2, 0) is 16.0 Å². The van der Waals surface area contributed by atoms with E-state index in [1.54, 1.807) is 4.90 Å². The van der Waals surface area contributed by atoms with Gasteiger partial charge in [-0.1, -0.05) is 55.8 Å². The SMILES string of the molecule is COC(=O)[C@H](CC(C)C)N[C@@H]1c2ccccc2C(=O)N1CCc1ccc(Cl)cc1. The van der Waals surface area contributed by atoms with Gasteiger partial charge in [-0.3, -0.25) is 14.9 Å². The van der Waals surface area contributed by atoms with E-state index in [9.17, 15) is 9.59 Å². The molecule has 0 fully saturated rings. The van der Waals surface area contributed by atoms with Gasteiger partial charge in [0.1, 0.15) is 12.2 Å². The fourth-order valence-corrected chi connectivity index (χ4v) is 3.84. The van der Waals surface area contributed by atoms with Crippen LogP contribution in [0.2, 0.25) is 5.02 Å². The second kappa shape index (κ2) is 9.42. The van der Waals surface area contributed by atoms with Crippen LogP contribution in [0.4, 0.5) is 0 Å². The molecule has 0 saturated carbocycles. The van der Waals surface area contributed by atoms with Gasteiger partial charge in [0.25, 0.3) is 5.91 Å². The minimum Gasteiger partial charge on any atom is -0.468 e. The van der Waals surface area contributed by atoms with Crippen molar-refractivity contribution in [3.63, 3.8) is 0 Å². The molecule has 0 bridgehead atoms. The normalized spacial score (nSPS) is 16.8. The highest BCUT2D eigenvalue weighted by atomic mass is 35.5. The van der Waals surface area contributed by atoms with Gasteiger partial charge in [-0.2, -0.15) is 0 Å². The number of carbonyl (C=O) groups excluding carboxylic acids is 2. The molecule has 2 aromatic carbocycles. The van der Waals surface area contributed by atoms with Crippen LogP contribution in [0.1, 0.15) is 47.9 Å². The summed E-state index contributed by atoms with van der Waals surface area (Å²) in [5, 5.41) is 4.08. The first-order valence-electron chi connectivity index (χ1n) is 9.89. The maximum atomic E-state index is 13.1. The summed E-state index contributed by atoms with van der Waals surface area (Å²) in [6.45, 7) is 4.65. The number of rotatable bonds is 8. The molecule has 1 heterocycles. The average molecular weight is 415 g/mol. The standard InChI is InChI=1S/C23H27ClN2O3/c1-15(2)14-20(23(28)29-3)25-21-18-6-4-5-7-19(18)22(27)26(21)13-12-16-8-10-17(24)11-9-16/h4-11,15,20-21,25H,12-14H2,1-3H3/t20-,21-/m0/s1. The van der Waals surface area contributed by atoms with Gasteiger partial charge in [0.2, 0.25) is 0 Å². The van der Waals surface area contributed by atoms with Crippen molar-refractivity contribution < 1.29 is 14.3 Å². The minimum atomic E-state index is -0.484. The fraction of sp³-hybridized carbons (Fsp3) is 0.391. The van der Waals surface area contributed by atoms with Crippen LogP contribution in [0.15, 0.2) is 48.5 Å². The quantitative estimate of drug-likeness (QED) is 0.657. The number of benzene rings is 2. The highest BCUT2D eigenvalue weighted by Gasteiger charge is 2.38. The van der Waals surface area contributed by atoms with Gasteiger partial charge in [0.05, 0.1) is 7.11 Å². The van der Waals surface area contributed by atoms with Crippen molar-refractivity contribution in [3.05, 3.63) is 70.2 Å². The molecule has 0 aromatic heterocycles. The maximum absolute atomic E-state index is 13.1. The van der Waals surface area contributed by atoms with E-state index in [0.717, 1.165) is 11.1 Å². The fourth-order valence-electron chi connectivity index (χ4n) is 3.72. The zero-order valence-electron chi connectivity index (χ0n) is 17.0. The number of hydrogen-bond donors (Lipinski definition) is 1. The van der Waals surface area contributed by atoms with Crippen molar-refractivity contribution in [2.45, 2.75) is 38.9 Å². The van der Waals surface area contributed by atoms with Gasteiger partial charge in [-0.15, -0.1) is 0 Å². The minimum absolute atomic E-state index is 0.0276. The summed E-state index contributed by atoms with van der Waals surface area (Å²) in [7, 11) is 1.39. The molecule has 1 N–H and O–H groups in total. The van der Waals surface area contributed by atoms with Crippen LogP contribution >= 0.6 is 11.6 Å². The Labute approximate surface area is 177 Å². The number of methoxy groups -OCH3 is 1. The third kappa shape index (κ3) is 4.98. The van der Waals surface area contributed by atoms with Crippen molar-refractivity contribution in [2.75, 3.05) is 13.7 Å². The molecule has 1 aliphatic rings. The lowest BCUT2D eigenvalue weighted by atomic mass is 10.0. The molecule has 0 radical (unpaired) electrons. The summed E-state index contributed by atoms with van der Waals surface area (Å²) in [6, 6.07) is 14.7. The van der Waals surface area contributed by atoms with E-state index in [4.69, 9.17) is 16.3 Å². The Balaban J connectivity index is 1.84. The number of hydrogen-bond acceptors (Lipinski definition) is 4. The molecule has 5 nitrogen and oxygen atoms in total. The Morgan fingerprint density at radius 2 is 1.86 bits per heavy atom. The van der Waals surface area contributed by atoms with Crippen molar-refractivity contribution >= 4 is 23.5 Å². The molecule has 154 valence electrons. The third-order valence-electron chi connectivity index (χ3n) is 5.16. The van der Waals surface area contributed by atoms with Gasteiger partial charge in [-0.25, -0.2) is 0 Å². The molecule has 1 amide bonds. The summed E-state index contributed by atoms with van der Waals surface area (Å²) in [6.07, 6.45) is 0.959. The summed E-state index contributed by atoms with van der Waals surface area (Å²) in [4.78, 5) is 27.2. The Hall–Kier alpha value is -2.37. The first-order valence-corrected chi connectivity index (χ1v) is 10.3. The molecule has 0 spiro atoms. The van der Waals surface area contributed by atoms with Crippen molar-refractivity contribution in [3.8, 4) is 0 Å². The van der Waals surface area contributed by atoms with Crippen molar-refractivity contribution in [1.82, 2.24) is 10.2 Å². The number of amides is 1. The third-order valence-corrected chi connectivity index (χ3v) is 5.42. The number of fused-ring (bicyclic) bond motifs is 1. The van der Waals surface area contributed by atoms with Crippen LogP contribution in [0.3, 0.4) is 0 Å². The number of nitrogens with one attached hydrogen (secondary N) is 1. The van der Waals surface area contributed by atoms with Gasteiger partial charge >= 0.3 is 5.97 Å². The molecule has 0 saturated heterocycles. The van der Waals surface area contributed by atoms with Crippen LogP contribution in [0.5, 0.6) is 0 Å². The van der Waals surface area contributed by atoms with E-state index in [1.165, 1.54) is 7.11 Å². The summed E-state index contributed by atoms with van der Waals surface area (Å²) < 4.78 is 5.00. The molecule has 29 heavy (non-hydrogen) atoms. The van der Waals surface area contributed by atoms with E-state index in [0.29, 0.717) is 35.9 Å². The molecule has 0 aliphatic carbocycles. The molecular weight excluding hydrogens is 388 g/mol. The molecule has 6 heteroatoms. The van der Waals surface area contributed by atoms with Gasteiger partial charge < -0.3 is 9.64 Å². The number of halogens is 1. The number of carbonyl (C=O) groups is 2. The predicted octanol–water partition coefficient (Wildman–Crippen LogP) is 4.21. The van der Waals surface area contributed by atoms with Crippen LogP contribution < -0.4 is 5.32 Å². The molecular formula is C23H27ClN2O3. The lowest BCUT2D eigenvalue weighted by Gasteiger charge is -2.30. The second-order valence-electron chi connectivity index (χ2n) is 7.74. The number of esters is 1. The monoisotopic (exact) mass is 414 g/mol. The summed E-state index contributed by atoms with van der Waals surface area (Å²) >= 11 is 5.97. The molecule has 3 rings (SSSR count). The van der Waals surface area contributed by atoms with Crippen LogP contribution in [-0.4, -0.2) is 36.5 Å². The van der Waals surface area contributed by atoms with Gasteiger partial charge in [0.15, 0.2) is 0 Å². The Kier molecular flexibility index (Phi) is 6.93. The Morgan fingerprint density at radius 3 is 2.52 bits per heavy atom. The highest BCUT2D eigenvalue weighted by Crippen LogP contribution is 2.32. The van der Waals surface area contributed by atoms with Crippen molar-refractivity contribution in [1.29, 1.82) is 0 Å². The summed E-state index contributed by atoms with van der Waals surface area (Å²) in [5.74, 6) is -0.0325. The van der Waals surface area contributed by atoms with Crippen molar-refractivity contribution in [2.24, 2.45) is 5.92 Å². The Bertz CT molecular complexity index is 867. The first-order chi connectivity index (χ1) is 13.9. The lowest BCUT2D eigenvalue weighted by molar-refractivity contribution is -0.144. The molecule has 2 atom stereocenters. The van der Waals surface area contributed by atoms with E-state index in [2.05, 4.69) is 19.2 Å². The molecule has 1 aliphatic heterocycles. The Morgan fingerprint density at radius 1 is 1.17 bits per heavy atom. The van der Waals surface area contributed by atoms with Gasteiger partial charge in [0, 0.05) is 22.7 Å². The van der Waals surface area contributed by atoms with Crippen LogP contribution in [0, 0.1) is 5.92 Å². The predicted molar refractivity (Wildman–Crippen MR) is 114 cm³/mol. The smallest absolute Gasteiger partial charge is 0.322 e. The lowest BCUT2D eigenvalue weighted by Crippen LogP contribution is -2.46. The second-order valence-corrected chi connectivity index (χ2v) is 8.17. The van der Waals surface area contributed by atoms with Crippen LogP contribution in [0.25, 0.3) is 0 Å². The zero-order valence-corrected chi connectivity index (χ0v) is 17.8. The average Bonchev–Trinajstić information content (AvgIpc) is 2.98. The number of ether oxygens (including phenoxy) is 1. The molecule has 2 aromatic rings. The largest absolute Gasteiger partial charge is 0.468 e. The number of nitrogens with zero attached hydrogens (tertiary/aromatic N) is 1. The zero-order chi connectivity index (χ0) is 21.0. The van der Waals surface area contributed by atoms with E-state index in [1.807, 2.05) is 48.5 Å². The summed E-state index contributed by atoms with van der Waals surface area (Å²) in [5.41, 5.74) is 2.67.